The van der Waals surface area contributed by atoms with Gasteiger partial charge in [0.15, 0.2) is 0 Å². The largest absolute Gasteiger partial charge is 0.641 e. The van der Waals surface area contributed by atoms with Gasteiger partial charge in [0.05, 0.1) is 6.20 Å². The SMILES string of the molecule is Cc1[c-][n+]([O-])cc(C)c1.[W]. The quantitative estimate of drug-likeness (QED) is 0.394. The van der Waals surface area contributed by atoms with Gasteiger partial charge in [-0.2, -0.15) is 6.07 Å². The van der Waals surface area contributed by atoms with E-state index in [0.29, 0.717) is 4.73 Å². The number of hydrogen-bond donors (Lipinski definition) is 0. The molecule has 1 heterocycles. The molecule has 0 aliphatic rings. The minimum absolute atomic E-state index is 0. The molecule has 0 spiro atoms. The summed E-state index contributed by atoms with van der Waals surface area (Å²) >= 11 is 0. The van der Waals surface area contributed by atoms with E-state index in [-0.39, 0.29) is 21.1 Å². The Morgan fingerprint density at radius 3 is 2.50 bits per heavy atom. The number of aromatic nitrogens is 1. The van der Waals surface area contributed by atoms with E-state index in [4.69, 9.17) is 0 Å². The van der Waals surface area contributed by atoms with Gasteiger partial charge in [0.1, 0.15) is 6.20 Å². The maximum absolute atomic E-state index is 10.6. The van der Waals surface area contributed by atoms with Gasteiger partial charge in [-0.05, 0) is 0 Å². The van der Waals surface area contributed by atoms with Crippen molar-refractivity contribution in [1.29, 1.82) is 0 Å². The van der Waals surface area contributed by atoms with E-state index >= 15 is 0 Å². The number of rotatable bonds is 0. The molecule has 2 nitrogen and oxygen atoms in total. The summed E-state index contributed by atoms with van der Waals surface area (Å²) in [6, 6.07) is 1.91. The first-order valence-electron chi connectivity index (χ1n) is 2.78. The molecule has 0 saturated heterocycles. The molecule has 1 aromatic heterocycles. The zero-order valence-electron chi connectivity index (χ0n) is 5.92. The third kappa shape index (κ3) is 2.49. The van der Waals surface area contributed by atoms with Crippen molar-refractivity contribution in [2.45, 2.75) is 13.8 Å². The molecule has 0 aromatic carbocycles. The minimum atomic E-state index is 0. The van der Waals surface area contributed by atoms with Crippen LogP contribution in [-0.2, 0) is 21.1 Å². The van der Waals surface area contributed by atoms with Crippen molar-refractivity contribution < 1.29 is 25.8 Å². The van der Waals surface area contributed by atoms with Crippen LogP contribution in [0, 0.1) is 25.3 Å². The van der Waals surface area contributed by atoms with Gasteiger partial charge >= 0.3 is 0 Å². The molecule has 10 heavy (non-hydrogen) atoms. The van der Waals surface area contributed by atoms with E-state index in [2.05, 4.69) is 6.20 Å². The molecule has 0 atom stereocenters. The summed E-state index contributed by atoms with van der Waals surface area (Å²) in [5.74, 6) is 0. The minimum Gasteiger partial charge on any atom is -0.641 e. The average molecular weight is 306 g/mol. The Balaban J connectivity index is 0.000000810. The van der Waals surface area contributed by atoms with E-state index in [1.165, 1.54) is 6.20 Å². The van der Waals surface area contributed by atoms with Crippen LogP contribution in [0.5, 0.6) is 0 Å². The van der Waals surface area contributed by atoms with Crippen LogP contribution in [-0.4, -0.2) is 0 Å². The second kappa shape index (κ2) is 3.72. The van der Waals surface area contributed by atoms with Crippen molar-refractivity contribution in [3.63, 3.8) is 0 Å². The van der Waals surface area contributed by atoms with Crippen LogP contribution >= 0.6 is 0 Å². The predicted octanol–water partition coefficient (Wildman–Crippen LogP) is 0.735. The Bertz CT molecular complexity index is 174. The van der Waals surface area contributed by atoms with Crippen molar-refractivity contribution in [3.8, 4) is 0 Å². The van der Waals surface area contributed by atoms with Gasteiger partial charge in [-0.3, -0.25) is 4.73 Å². The van der Waals surface area contributed by atoms with Crippen LogP contribution in [0.15, 0.2) is 12.3 Å². The third-order valence-corrected chi connectivity index (χ3v) is 1.05. The zero-order valence-corrected chi connectivity index (χ0v) is 8.85. The summed E-state index contributed by atoms with van der Waals surface area (Å²) < 4.78 is 0.699. The van der Waals surface area contributed by atoms with Crippen molar-refractivity contribution >= 4 is 0 Å². The maximum Gasteiger partial charge on any atom is 0.128 e. The Hall–Kier alpha value is -0.362. The fourth-order valence-electron chi connectivity index (χ4n) is 0.802. The monoisotopic (exact) mass is 306 g/mol. The zero-order chi connectivity index (χ0) is 6.85. The fraction of sp³-hybridized carbons (Fsp3) is 0.286. The van der Waals surface area contributed by atoms with Crippen LogP contribution in [0.3, 0.4) is 0 Å². The molecule has 0 amide bonds. The Kier molecular flexibility index (Phi) is 3.59. The van der Waals surface area contributed by atoms with Gasteiger partial charge in [0, 0.05) is 21.1 Å². The van der Waals surface area contributed by atoms with Gasteiger partial charge in [-0.25, -0.2) is 0 Å². The van der Waals surface area contributed by atoms with E-state index in [1.54, 1.807) is 0 Å². The summed E-state index contributed by atoms with van der Waals surface area (Å²) in [6.07, 6.45) is 4.07. The van der Waals surface area contributed by atoms with Crippen molar-refractivity contribution in [1.82, 2.24) is 0 Å². The maximum atomic E-state index is 10.6. The van der Waals surface area contributed by atoms with E-state index in [9.17, 15) is 5.21 Å². The standard InChI is InChI=1S/C7H8NO.W/c1-6-3-7(2)5-8(9)4-6;/h3-4H,1-2H3;/q-1;. The molecular weight excluding hydrogens is 298 g/mol. The number of pyridine rings is 1. The first-order valence-corrected chi connectivity index (χ1v) is 2.78. The molecule has 54 valence electrons. The second-order valence-corrected chi connectivity index (χ2v) is 2.14. The normalized spacial score (nSPS) is 8.60. The van der Waals surface area contributed by atoms with E-state index in [0.717, 1.165) is 11.1 Å². The summed E-state index contributed by atoms with van der Waals surface area (Å²) in [7, 11) is 0. The molecular formula is C7H8NOW-. The summed E-state index contributed by atoms with van der Waals surface area (Å²) in [5.41, 5.74) is 1.85. The van der Waals surface area contributed by atoms with Crippen LogP contribution < -0.4 is 4.73 Å². The topological polar surface area (TPSA) is 26.9 Å². The van der Waals surface area contributed by atoms with Gasteiger partial charge < -0.3 is 5.21 Å². The smallest absolute Gasteiger partial charge is 0.128 e. The fourth-order valence-corrected chi connectivity index (χ4v) is 0.802. The number of aryl methyl sites for hydroxylation is 2. The summed E-state index contributed by atoms with van der Waals surface area (Å²) in [5, 5.41) is 10.6. The second-order valence-electron chi connectivity index (χ2n) is 2.14. The number of nitrogens with zero attached hydrogens (tertiary/aromatic N) is 1. The Labute approximate surface area is 74.7 Å². The van der Waals surface area contributed by atoms with Gasteiger partial charge in [-0.1, -0.05) is 25.0 Å². The molecule has 0 radical (unpaired) electrons. The molecule has 1 rings (SSSR count). The summed E-state index contributed by atoms with van der Waals surface area (Å²) in [4.78, 5) is 0. The van der Waals surface area contributed by atoms with Crippen LogP contribution in [0.1, 0.15) is 11.1 Å². The predicted molar refractivity (Wildman–Crippen MR) is 33.7 cm³/mol. The molecule has 0 bridgehead atoms. The van der Waals surface area contributed by atoms with Gasteiger partial charge in [0.2, 0.25) is 0 Å². The molecule has 0 fully saturated rings. The molecule has 0 N–H and O–H groups in total. The molecule has 3 heteroatoms. The van der Waals surface area contributed by atoms with Crippen molar-refractivity contribution in [3.05, 3.63) is 34.8 Å². The molecule has 0 saturated carbocycles. The first kappa shape index (κ1) is 9.64. The van der Waals surface area contributed by atoms with Crippen LogP contribution in [0.25, 0.3) is 0 Å². The Morgan fingerprint density at radius 1 is 1.50 bits per heavy atom. The van der Waals surface area contributed by atoms with Crippen molar-refractivity contribution in [2.75, 3.05) is 0 Å². The first-order chi connectivity index (χ1) is 4.18. The summed E-state index contributed by atoms with van der Waals surface area (Å²) in [6.45, 7) is 3.73. The number of hydrogen-bond acceptors (Lipinski definition) is 1. The Morgan fingerprint density at radius 2 is 2.10 bits per heavy atom. The van der Waals surface area contributed by atoms with Gasteiger partial charge in [0.25, 0.3) is 0 Å². The average Bonchev–Trinajstić information content (AvgIpc) is 1.59. The van der Waals surface area contributed by atoms with E-state index < -0.39 is 0 Å². The van der Waals surface area contributed by atoms with Crippen LogP contribution in [0.4, 0.5) is 0 Å². The third-order valence-electron chi connectivity index (χ3n) is 1.05. The van der Waals surface area contributed by atoms with E-state index in [1.807, 2.05) is 19.9 Å². The van der Waals surface area contributed by atoms with Gasteiger partial charge in [-0.15, -0.1) is 0 Å². The molecule has 0 aliphatic heterocycles. The van der Waals surface area contributed by atoms with Crippen LogP contribution in [0.2, 0.25) is 0 Å². The molecule has 0 unspecified atom stereocenters. The molecule has 0 aliphatic carbocycles. The molecule has 1 aromatic rings. The van der Waals surface area contributed by atoms with Crippen molar-refractivity contribution in [2.24, 2.45) is 0 Å².